The van der Waals surface area contributed by atoms with Crippen LogP contribution in [0.2, 0.25) is 0 Å². The van der Waals surface area contributed by atoms with Crippen molar-refractivity contribution in [1.29, 1.82) is 0 Å². The van der Waals surface area contributed by atoms with Crippen molar-refractivity contribution in [3.63, 3.8) is 0 Å². The number of carboxylic acid groups (broad SMARTS) is 2. The second-order valence-corrected chi connectivity index (χ2v) is 32.8. The van der Waals surface area contributed by atoms with Crippen molar-refractivity contribution in [2.75, 3.05) is 26.4 Å². The molecule has 6 rings (SSSR count). The van der Waals surface area contributed by atoms with Crippen molar-refractivity contribution in [2.24, 2.45) is 40.7 Å². The van der Waals surface area contributed by atoms with E-state index in [4.69, 9.17) is 66.9 Å². The monoisotopic (exact) mass is 1610 g/mol. The number of carboxylic acids is 2. The first-order valence-corrected chi connectivity index (χ1v) is 39.0. The minimum absolute atomic E-state index is 0.116. The molecule has 40 heteroatoms. The van der Waals surface area contributed by atoms with Gasteiger partial charge in [-0.15, -0.1) is 0 Å². The maximum atomic E-state index is 14.1. The van der Waals surface area contributed by atoms with Crippen LogP contribution in [0.1, 0.15) is 172 Å². The summed E-state index contributed by atoms with van der Waals surface area (Å²) < 4.78 is 88.5. The first-order chi connectivity index (χ1) is 51.4. The molecule has 0 aromatic rings. The Kier molecular flexibility index (Phi) is 36.0. The van der Waals surface area contributed by atoms with E-state index in [0.29, 0.717) is 18.8 Å². The zero-order valence-corrected chi connectivity index (χ0v) is 64.9. The number of unbranched alkanes of at least 4 members (excludes halogenated alkanes) is 1. The Bertz CT molecular complexity index is 3080. The van der Waals surface area contributed by atoms with Crippen LogP contribution in [0.4, 0.5) is 4.79 Å². The Hall–Kier alpha value is -4.86. The third-order valence-electron chi connectivity index (χ3n) is 20.9. The molecule has 0 aromatic heterocycles. The molecule has 0 aromatic carbocycles. The molecule has 0 radical (unpaired) electrons. The molecule has 5 aliphatic heterocycles. The highest BCUT2D eigenvalue weighted by atomic mass is 31.2. The lowest BCUT2D eigenvalue weighted by Crippen LogP contribution is -2.71. The molecular formula is C70H119N4O35P. The number of hydrogen-bond donors (Lipinski definition) is 18. The van der Waals surface area contributed by atoms with Crippen molar-refractivity contribution < 1.29 is 171 Å². The number of primary amides is 1. The molecule has 634 valence electrons. The standard InChI is InChI=1S/C70H119N4O35P/c1-31(2)16-14-18-33(4)20-21-34(5)24-26-69(9,10)25-13-12-17-32(3)19-15-27-97-42(60(89)90)30-99-110(95,96)109-67-56(57(106-68(71)93)70(11,94)58(105-67)61(91)92)104-64-44(72-36(7)76)46(80)38(62(107-64)108-65-52(86)49(83)47(81)41(28-75)101-65)29-98-63-45(73-37(8)77)48(82)54(35(6)100-63)102-66-53(87)50(84)51(85)55(103-66)59(88)74-43-39(78)22-23-40(43)79/h31-35,38,41-42,44-58,62-67,75,78,80-87,94H,12-30H2,1-11H3,(H2,71,93)(H,72,76)(H,73,77)(H,74,88)(H,89,90)(H,91,92)(H,95,96)/t32?,33?,34?,35-,38+,41-,42-,44-,45-,46-,47-,48-,49+,50+,51-,52-,53-,54-,55+,56-,57-,58-,62-,63+,64+,65-,66-,67-,70+/m1/s1. The maximum Gasteiger partial charge on any atom is 0.474 e. The lowest BCUT2D eigenvalue weighted by molar-refractivity contribution is -0.404. The third-order valence-corrected chi connectivity index (χ3v) is 21.8. The fraction of sp³-hybridized carbons (Fsp3) is 0.871. The van der Waals surface area contributed by atoms with E-state index in [9.17, 15) is 109 Å². The van der Waals surface area contributed by atoms with E-state index in [1.54, 1.807) is 0 Å². The number of aliphatic hydroxyl groups excluding tert-OH is 10. The van der Waals surface area contributed by atoms with Crippen LogP contribution >= 0.6 is 7.82 Å². The van der Waals surface area contributed by atoms with E-state index in [1.165, 1.54) is 45.4 Å². The number of hydrogen-bond acceptors (Lipinski definition) is 32. The lowest BCUT2D eigenvalue weighted by atomic mass is 9.79. The molecule has 4 unspecified atom stereocenters. The van der Waals surface area contributed by atoms with E-state index in [0.717, 1.165) is 64.7 Å². The normalized spacial score (nSPS) is 36.0. The van der Waals surface area contributed by atoms with Gasteiger partial charge in [-0.05, 0) is 68.6 Å². The second-order valence-electron chi connectivity index (χ2n) is 31.4. The molecule has 30 atom stereocenters. The first kappa shape index (κ1) is 94.0. The van der Waals surface area contributed by atoms with Crippen LogP contribution in [0.15, 0.2) is 11.5 Å². The van der Waals surface area contributed by atoms with Crippen LogP contribution in [0.5, 0.6) is 0 Å². The Balaban J connectivity index is 1.19. The van der Waals surface area contributed by atoms with Gasteiger partial charge in [-0.3, -0.25) is 28.2 Å². The molecule has 0 bridgehead atoms. The summed E-state index contributed by atoms with van der Waals surface area (Å²) in [4.78, 5) is 101. The number of nitrogens with one attached hydrogen (secondary N) is 3. The Labute approximate surface area is 637 Å². The smallest absolute Gasteiger partial charge is 0.474 e. The number of amides is 4. The van der Waals surface area contributed by atoms with Gasteiger partial charge in [-0.1, -0.05) is 106 Å². The number of phosphoric ester groups is 1. The molecule has 5 saturated heterocycles. The molecule has 110 heavy (non-hydrogen) atoms. The zero-order valence-electron chi connectivity index (χ0n) is 64.0. The lowest BCUT2D eigenvalue weighted by Gasteiger charge is -2.51. The van der Waals surface area contributed by atoms with Crippen LogP contribution in [0.3, 0.4) is 0 Å². The van der Waals surface area contributed by atoms with E-state index < -0.39 is 240 Å². The largest absolute Gasteiger partial charge is 0.510 e. The van der Waals surface area contributed by atoms with Gasteiger partial charge in [0.25, 0.3) is 5.91 Å². The summed E-state index contributed by atoms with van der Waals surface area (Å²) in [6.45, 7) is 16.4. The Morgan fingerprint density at radius 2 is 1.24 bits per heavy atom. The van der Waals surface area contributed by atoms with E-state index in [-0.39, 0.29) is 30.8 Å². The molecule has 1 aliphatic carbocycles. The number of ketones is 1. The highest BCUT2D eigenvalue weighted by Gasteiger charge is 2.63. The van der Waals surface area contributed by atoms with Crippen molar-refractivity contribution >= 4 is 49.4 Å². The number of aliphatic hydroxyl groups is 11. The molecule has 6 aliphatic rings. The molecule has 0 saturated carbocycles. The number of phosphoric acid groups is 1. The molecule has 5 fully saturated rings. The van der Waals surface area contributed by atoms with Crippen LogP contribution in [-0.4, -0.2) is 292 Å². The van der Waals surface area contributed by atoms with Crippen LogP contribution in [-0.2, 0) is 94.5 Å². The van der Waals surface area contributed by atoms with Crippen molar-refractivity contribution in [3.05, 3.63) is 11.5 Å². The number of allylic oxidation sites excluding steroid dienone is 2. The van der Waals surface area contributed by atoms with Gasteiger partial charge in [0.1, 0.15) is 84.1 Å². The van der Waals surface area contributed by atoms with Crippen molar-refractivity contribution in [1.82, 2.24) is 16.0 Å². The van der Waals surface area contributed by atoms with Crippen LogP contribution < -0.4 is 21.7 Å². The summed E-state index contributed by atoms with van der Waals surface area (Å²) in [7, 11) is -5.85. The van der Waals surface area contributed by atoms with Crippen LogP contribution in [0, 0.1) is 35.0 Å². The van der Waals surface area contributed by atoms with Gasteiger partial charge in [0.05, 0.1) is 37.9 Å². The minimum atomic E-state index is -5.85. The predicted molar refractivity (Wildman–Crippen MR) is 375 cm³/mol. The summed E-state index contributed by atoms with van der Waals surface area (Å²) in [6.07, 6.45) is -36.1. The highest BCUT2D eigenvalue weighted by molar-refractivity contribution is 7.47. The van der Waals surface area contributed by atoms with Crippen molar-refractivity contribution in [3.8, 4) is 0 Å². The van der Waals surface area contributed by atoms with E-state index in [2.05, 4.69) is 64.4 Å². The fourth-order valence-electron chi connectivity index (χ4n) is 14.2. The maximum absolute atomic E-state index is 14.1. The Morgan fingerprint density at radius 1 is 0.655 bits per heavy atom. The summed E-state index contributed by atoms with van der Waals surface area (Å²) in [5, 5.41) is 150. The fourth-order valence-corrected chi connectivity index (χ4v) is 15.0. The average Bonchev–Trinajstić information content (AvgIpc) is 0.821. The predicted octanol–water partition coefficient (Wildman–Crippen LogP) is -0.290. The van der Waals surface area contributed by atoms with Gasteiger partial charge < -0.3 is 145 Å². The third kappa shape index (κ3) is 26.3. The summed E-state index contributed by atoms with van der Waals surface area (Å²) in [5.74, 6) is -7.55. The zero-order chi connectivity index (χ0) is 82.2. The molecular weight excluding hydrogens is 1490 g/mol. The average molecular weight is 1610 g/mol. The quantitative estimate of drug-likeness (QED) is 0.0276. The molecule has 39 nitrogen and oxygen atoms in total. The number of carbonyl (C=O) groups excluding carboxylic acids is 5. The summed E-state index contributed by atoms with van der Waals surface area (Å²) in [6, 6.07) is -3.85. The van der Waals surface area contributed by atoms with E-state index in [1.807, 2.05) is 0 Å². The van der Waals surface area contributed by atoms with Gasteiger partial charge >= 0.3 is 25.9 Å². The van der Waals surface area contributed by atoms with Gasteiger partial charge in [0, 0.05) is 33.3 Å². The minimum Gasteiger partial charge on any atom is -0.510 e. The van der Waals surface area contributed by atoms with Gasteiger partial charge in [-0.2, -0.15) is 0 Å². The molecule has 4 amide bonds. The van der Waals surface area contributed by atoms with Gasteiger partial charge in [0.2, 0.25) is 11.8 Å². The number of ether oxygens (including phenoxy) is 11. The van der Waals surface area contributed by atoms with Crippen LogP contribution in [0.25, 0.3) is 0 Å². The number of nitrogens with two attached hydrogens (primary N) is 1. The molecule has 5 heterocycles. The highest BCUT2D eigenvalue weighted by Crippen LogP contribution is 2.49. The van der Waals surface area contributed by atoms with Crippen molar-refractivity contribution in [2.45, 2.75) is 326 Å². The summed E-state index contributed by atoms with van der Waals surface area (Å²) in [5.41, 5.74) is 2.08. The van der Waals surface area contributed by atoms with E-state index >= 15 is 0 Å². The SMILES string of the molecule is CC(=O)N[C@H]1[C@@H](O[C@H]2[C@@H](OP(=O)(O)OC[C@@H](OCCCC(C)CCCCC(C)(C)CCC(C)CCC(C)CCCC(C)C)C(=O)O)O[C@H](C(=O)O)[C@@](C)(O)[C@@H]2OC(N)=O)O[C@H](O[C@H]2O[C@H](CO)[C@@H](O)[C@H](O)[C@H]2O)[C@@H](CO[C@H]2O[C@H](C)[C@@H](O[C@@H]3O[C@H](C(=O)NC4=C(O)CCC4=O)[C@H](O)[C@H](O)[C@H]3O)[C@H](O)[C@H]2NC(C)=O)[C@H]1O. The number of aliphatic carboxylic acids is 2. The molecule has 19 N–H and O–H groups in total. The number of carbonyl (C=O) groups is 7. The first-order valence-electron chi connectivity index (χ1n) is 37.5. The number of rotatable bonds is 42. The van der Waals surface area contributed by atoms with Gasteiger partial charge in [-0.25, -0.2) is 18.9 Å². The second kappa shape index (κ2) is 42.1. The molecule has 0 spiro atoms. The van der Waals surface area contributed by atoms with Gasteiger partial charge in [0.15, 0.2) is 74.0 Å². The Morgan fingerprint density at radius 3 is 1.82 bits per heavy atom. The summed E-state index contributed by atoms with van der Waals surface area (Å²) >= 11 is 0. The number of Topliss-reactive ketones (excluding diaryl/α,β-unsaturated/α-hetero) is 1. The topological polar surface area (TPSA) is 602 Å².